The number of carbonyl (C=O) groups is 1. The molecule has 0 aliphatic rings. The Hall–Kier alpha value is -3.40. The maximum absolute atomic E-state index is 12.4. The van der Waals surface area contributed by atoms with Gasteiger partial charge in [0.25, 0.3) is 5.69 Å². The van der Waals surface area contributed by atoms with Crippen LogP contribution in [0.5, 0.6) is 11.5 Å². The molecule has 0 spiro atoms. The van der Waals surface area contributed by atoms with E-state index in [0.29, 0.717) is 16.5 Å². The number of carbonyl (C=O) groups excluding carboxylic acids is 1. The van der Waals surface area contributed by atoms with Gasteiger partial charge in [-0.15, -0.1) is 11.3 Å². The van der Waals surface area contributed by atoms with Crippen LogP contribution in [0.1, 0.15) is 16.1 Å². The van der Waals surface area contributed by atoms with E-state index in [9.17, 15) is 14.9 Å². The van der Waals surface area contributed by atoms with Crippen molar-refractivity contribution in [3.05, 3.63) is 57.3 Å². The number of rotatable bonds is 7. The Morgan fingerprint density at radius 3 is 2.67 bits per heavy atom. The number of esters is 1. The van der Waals surface area contributed by atoms with Gasteiger partial charge in [-0.05, 0) is 12.1 Å². The van der Waals surface area contributed by atoms with Gasteiger partial charge in [0, 0.05) is 11.4 Å². The molecule has 2 heterocycles. The Morgan fingerprint density at radius 1 is 1.30 bits per heavy atom. The van der Waals surface area contributed by atoms with E-state index in [-0.39, 0.29) is 23.7 Å². The summed E-state index contributed by atoms with van der Waals surface area (Å²) in [6.45, 7) is -0.137. The van der Waals surface area contributed by atoms with Gasteiger partial charge in [0.05, 0.1) is 37.2 Å². The quantitative estimate of drug-likeness (QED) is 0.341. The minimum absolute atomic E-state index is 0.137. The van der Waals surface area contributed by atoms with Crippen LogP contribution in [0.15, 0.2) is 40.3 Å². The molecule has 0 bridgehead atoms. The van der Waals surface area contributed by atoms with Crippen molar-refractivity contribution in [2.24, 2.45) is 0 Å². The van der Waals surface area contributed by atoms with Gasteiger partial charge in [-0.3, -0.25) is 10.1 Å². The summed E-state index contributed by atoms with van der Waals surface area (Å²) in [7, 11) is 2.71. The molecule has 3 rings (SSSR count). The van der Waals surface area contributed by atoms with Crippen LogP contribution in [0.25, 0.3) is 10.8 Å². The molecule has 140 valence electrons. The molecule has 0 amide bonds. The SMILES string of the molecule is COc1cc(C(=O)OCc2csc(-c3ccco3)n2)c([N+](=O)[O-])cc1OC. The smallest absolute Gasteiger partial charge is 0.345 e. The number of ether oxygens (including phenoxy) is 3. The van der Waals surface area contributed by atoms with E-state index in [4.69, 9.17) is 18.6 Å². The van der Waals surface area contributed by atoms with Crippen LogP contribution in [0.2, 0.25) is 0 Å². The molecule has 0 atom stereocenters. The highest BCUT2D eigenvalue weighted by atomic mass is 32.1. The minimum Gasteiger partial charge on any atom is -0.493 e. The molecule has 0 saturated carbocycles. The zero-order valence-corrected chi connectivity index (χ0v) is 15.1. The second-order valence-electron chi connectivity index (χ2n) is 5.18. The van der Waals surface area contributed by atoms with Crippen LogP contribution in [0.3, 0.4) is 0 Å². The fourth-order valence-corrected chi connectivity index (χ4v) is 3.06. The molecule has 3 aromatic rings. The van der Waals surface area contributed by atoms with Crippen molar-refractivity contribution in [3.63, 3.8) is 0 Å². The third kappa shape index (κ3) is 3.90. The molecule has 1 aromatic carbocycles. The summed E-state index contributed by atoms with van der Waals surface area (Å²) < 4.78 is 20.6. The summed E-state index contributed by atoms with van der Waals surface area (Å²) in [6, 6.07) is 5.84. The predicted molar refractivity (Wildman–Crippen MR) is 95.1 cm³/mol. The van der Waals surface area contributed by atoms with E-state index in [1.165, 1.54) is 37.9 Å². The van der Waals surface area contributed by atoms with Crippen LogP contribution in [-0.2, 0) is 11.3 Å². The molecule has 0 aliphatic heterocycles. The van der Waals surface area contributed by atoms with Crippen LogP contribution in [0, 0.1) is 10.1 Å². The number of nitrogens with zero attached hydrogens (tertiary/aromatic N) is 2. The topological polar surface area (TPSA) is 114 Å². The van der Waals surface area contributed by atoms with Crippen molar-refractivity contribution in [3.8, 4) is 22.3 Å². The first-order valence-electron chi connectivity index (χ1n) is 7.59. The van der Waals surface area contributed by atoms with Crippen LogP contribution >= 0.6 is 11.3 Å². The summed E-state index contributed by atoms with van der Waals surface area (Å²) in [5.74, 6) is 0.0652. The van der Waals surface area contributed by atoms with Gasteiger partial charge in [-0.2, -0.15) is 0 Å². The number of aromatic nitrogens is 1. The zero-order valence-electron chi connectivity index (χ0n) is 14.3. The van der Waals surface area contributed by atoms with Crippen molar-refractivity contribution in [1.82, 2.24) is 4.98 Å². The Balaban J connectivity index is 1.78. The van der Waals surface area contributed by atoms with Gasteiger partial charge < -0.3 is 18.6 Å². The number of nitro groups is 1. The predicted octanol–water partition coefficient (Wildman–Crippen LogP) is 3.69. The van der Waals surface area contributed by atoms with E-state index in [2.05, 4.69) is 4.98 Å². The van der Waals surface area contributed by atoms with Crippen molar-refractivity contribution < 1.29 is 28.3 Å². The summed E-state index contributed by atoms with van der Waals surface area (Å²) in [5.41, 5.74) is -0.172. The molecule has 0 radical (unpaired) electrons. The lowest BCUT2D eigenvalue weighted by Gasteiger charge is -2.10. The fraction of sp³-hybridized carbons (Fsp3) is 0.176. The normalized spacial score (nSPS) is 10.4. The van der Waals surface area contributed by atoms with Gasteiger partial charge in [0.1, 0.15) is 12.2 Å². The summed E-state index contributed by atoms with van der Waals surface area (Å²) in [6.07, 6.45) is 1.53. The lowest BCUT2D eigenvalue weighted by molar-refractivity contribution is -0.385. The average Bonchev–Trinajstić information content (AvgIpc) is 3.36. The molecule has 0 fully saturated rings. The fourth-order valence-electron chi connectivity index (χ4n) is 2.29. The number of methoxy groups -OCH3 is 2. The molecule has 27 heavy (non-hydrogen) atoms. The number of hydrogen-bond acceptors (Lipinski definition) is 9. The maximum atomic E-state index is 12.4. The van der Waals surface area contributed by atoms with E-state index < -0.39 is 16.6 Å². The second-order valence-corrected chi connectivity index (χ2v) is 6.04. The van der Waals surface area contributed by atoms with E-state index >= 15 is 0 Å². The molecular weight excluding hydrogens is 376 g/mol. The largest absolute Gasteiger partial charge is 0.493 e. The number of hydrogen-bond donors (Lipinski definition) is 0. The molecule has 10 heteroatoms. The standard InChI is InChI=1S/C17H14N2O7S/c1-23-14-6-11(12(19(21)22)7-15(14)24-2)17(20)26-8-10-9-27-16(18-10)13-4-3-5-25-13/h3-7,9H,8H2,1-2H3. The van der Waals surface area contributed by atoms with Gasteiger partial charge in [0.2, 0.25) is 0 Å². The molecule has 0 N–H and O–H groups in total. The minimum atomic E-state index is -0.866. The second kappa shape index (κ2) is 7.87. The Bertz CT molecular complexity index is 966. The first-order chi connectivity index (χ1) is 13.0. The number of nitro benzene ring substituents is 1. The van der Waals surface area contributed by atoms with Crippen molar-refractivity contribution in [2.75, 3.05) is 14.2 Å². The summed E-state index contributed by atoms with van der Waals surface area (Å²) >= 11 is 1.33. The first-order valence-corrected chi connectivity index (χ1v) is 8.47. The highest BCUT2D eigenvalue weighted by Crippen LogP contribution is 2.35. The number of thiazole rings is 1. The summed E-state index contributed by atoms with van der Waals surface area (Å²) in [4.78, 5) is 27.3. The lowest BCUT2D eigenvalue weighted by Crippen LogP contribution is -2.09. The van der Waals surface area contributed by atoms with Crippen molar-refractivity contribution >= 4 is 23.0 Å². The zero-order chi connectivity index (χ0) is 19.4. The Labute approximate surface area is 157 Å². The maximum Gasteiger partial charge on any atom is 0.345 e. The third-order valence-electron chi connectivity index (χ3n) is 3.55. The molecular formula is C17H14N2O7S. The Morgan fingerprint density at radius 2 is 2.04 bits per heavy atom. The molecule has 2 aromatic heterocycles. The summed E-state index contributed by atoms with van der Waals surface area (Å²) in [5, 5.41) is 13.6. The lowest BCUT2D eigenvalue weighted by atomic mass is 10.1. The van der Waals surface area contributed by atoms with E-state index in [1.807, 2.05) is 0 Å². The van der Waals surface area contributed by atoms with Crippen molar-refractivity contribution in [2.45, 2.75) is 6.61 Å². The molecule has 0 saturated heterocycles. The third-order valence-corrected chi connectivity index (χ3v) is 4.46. The van der Waals surface area contributed by atoms with Crippen LogP contribution in [-0.4, -0.2) is 30.1 Å². The molecule has 0 unspecified atom stereocenters. The van der Waals surface area contributed by atoms with Crippen LogP contribution in [0.4, 0.5) is 5.69 Å². The number of furan rings is 1. The van der Waals surface area contributed by atoms with E-state index in [0.717, 1.165) is 6.07 Å². The first kappa shape index (κ1) is 18.4. The molecule has 0 aliphatic carbocycles. The van der Waals surface area contributed by atoms with Crippen LogP contribution < -0.4 is 9.47 Å². The van der Waals surface area contributed by atoms with Gasteiger partial charge in [-0.25, -0.2) is 9.78 Å². The van der Waals surface area contributed by atoms with Crippen molar-refractivity contribution in [1.29, 1.82) is 0 Å². The van der Waals surface area contributed by atoms with E-state index in [1.54, 1.807) is 17.5 Å². The number of benzene rings is 1. The van der Waals surface area contributed by atoms with Gasteiger partial charge in [-0.1, -0.05) is 0 Å². The highest BCUT2D eigenvalue weighted by molar-refractivity contribution is 7.13. The average molecular weight is 390 g/mol. The highest BCUT2D eigenvalue weighted by Gasteiger charge is 2.26. The molecule has 9 nitrogen and oxygen atoms in total. The van der Waals surface area contributed by atoms with Gasteiger partial charge >= 0.3 is 5.97 Å². The van der Waals surface area contributed by atoms with Gasteiger partial charge in [0.15, 0.2) is 22.3 Å². The monoisotopic (exact) mass is 390 g/mol. The Kier molecular flexibility index (Phi) is 5.36.